The molecule has 2 aromatic carbocycles. The lowest BCUT2D eigenvalue weighted by Crippen LogP contribution is -2.46. The molecule has 0 aliphatic carbocycles. The summed E-state index contributed by atoms with van der Waals surface area (Å²) < 4.78 is 0. The van der Waals surface area contributed by atoms with Crippen LogP contribution >= 0.6 is 0 Å². The van der Waals surface area contributed by atoms with Crippen LogP contribution in [0.3, 0.4) is 0 Å². The molecule has 0 N–H and O–H groups in total. The first kappa shape index (κ1) is 18.8. The molecule has 2 aliphatic rings. The van der Waals surface area contributed by atoms with Crippen LogP contribution < -0.4 is 9.80 Å². The molecule has 6 nitrogen and oxygen atoms in total. The molecule has 0 radical (unpaired) electrons. The number of benzene rings is 2. The van der Waals surface area contributed by atoms with Gasteiger partial charge in [-0.1, -0.05) is 60.7 Å². The molecule has 1 saturated heterocycles. The fourth-order valence-corrected chi connectivity index (χ4v) is 4.16. The minimum absolute atomic E-state index is 0.700. The first-order chi connectivity index (χ1) is 14.9. The van der Waals surface area contributed by atoms with Crippen LogP contribution in [0.25, 0.3) is 6.08 Å². The molecular formula is C24H26N6. The predicted octanol–water partition coefficient (Wildman–Crippen LogP) is 3.40. The molecule has 0 spiro atoms. The Morgan fingerprint density at radius 1 is 0.867 bits per heavy atom. The van der Waals surface area contributed by atoms with Gasteiger partial charge in [0, 0.05) is 45.0 Å². The van der Waals surface area contributed by atoms with E-state index in [0.717, 1.165) is 51.5 Å². The van der Waals surface area contributed by atoms with Crippen LogP contribution in [-0.4, -0.2) is 59.3 Å². The van der Waals surface area contributed by atoms with Crippen LogP contribution in [0.5, 0.6) is 0 Å². The fraction of sp³-hybridized carbons (Fsp3) is 0.292. The van der Waals surface area contributed by atoms with Crippen LogP contribution in [0.15, 0.2) is 66.9 Å². The van der Waals surface area contributed by atoms with Crippen molar-refractivity contribution >= 4 is 23.5 Å². The van der Waals surface area contributed by atoms with Gasteiger partial charge in [0.25, 0.3) is 5.95 Å². The van der Waals surface area contributed by atoms with Crippen molar-refractivity contribution in [2.45, 2.75) is 6.42 Å². The summed E-state index contributed by atoms with van der Waals surface area (Å²) in [6, 6.07) is 18.9. The van der Waals surface area contributed by atoms with Crippen molar-refractivity contribution in [2.24, 2.45) is 0 Å². The number of anilines is 3. The van der Waals surface area contributed by atoms with Gasteiger partial charge in [-0.25, -0.2) is 0 Å². The van der Waals surface area contributed by atoms with Crippen molar-refractivity contribution in [3.05, 3.63) is 78.0 Å². The van der Waals surface area contributed by atoms with E-state index in [-0.39, 0.29) is 0 Å². The molecule has 0 bridgehead atoms. The van der Waals surface area contributed by atoms with E-state index in [2.05, 4.69) is 85.6 Å². The quantitative estimate of drug-likeness (QED) is 0.657. The lowest BCUT2D eigenvalue weighted by atomic mass is 10.2. The number of fused-ring (bicyclic) bond motifs is 1. The van der Waals surface area contributed by atoms with Crippen LogP contribution in [0.2, 0.25) is 0 Å². The maximum Gasteiger partial charge on any atom is 0.251 e. The van der Waals surface area contributed by atoms with Gasteiger partial charge in [-0.2, -0.15) is 10.1 Å². The standard InChI is InChI=1S/C24H26N6/c1-2-7-20(8-3-1)9-6-13-28-15-17-29(18-16-28)23-19-25-27-24(26-23)30-14-12-21-10-4-5-11-22(21)30/h1-11,19H,12-18H2/b9-6+. The highest BCUT2D eigenvalue weighted by atomic mass is 15.4. The van der Waals surface area contributed by atoms with E-state index in [0.29, 0.717) is 5.95 Å². The number of rotatable bonds is 5. The molecule has 0 amide bonds. The van der Waals surface area contributed by atoms with E-state index >= 15 is 0 Å². The van der Waals surface area contributed by atoms with Gasteiger partial charge < -0.3 is 9.80 Å². The molecule has 3 aromatic rings. The van der Waals surface area contributed by atoms with Gasteiger partial charge in [0.1, 0.15) is 0 Å². The first-order valence-electron chi connectivity index (χ1n) is 10.6. The van der Waals surface area contributed by atoms with Crippen molar-refractivity contribution in [1.82, 2.24) is 20.1 Å². The summed E-state index contributed by atoms with van der Waals surface area (Å²) in [4.78, 5) is 11.8. The summed E-state index contributed by atoms with van der Waals surface area (Å²) in [5.41, 5.74) is 3.80. The molecule has 1 fully saturated rings. The molecule has 5 rings (SSSR count). The van der Waals surface area contributed by atoms with Crippen LogP contribution in [0.1, 0.15) is 11.1 Å². The molecular weight excluding hydrogens is 372 g/mol. The lowest BCUT2D eigenvalue weighted by molar-refractivity contribution is 0.283. The van der Waals surface area contributed by atoms with E-state index in [9.17, 15) is 0 Å². The van der Waals surface area contributed by atoms with Crippen molar-refractivity contribution in [3.8, 4) is 0 Å². The molecule has 2 aliphatic heterocycles. The Balaban J connectivity index is 1.20. The zero-order chi connectivity index (χ0) is 20.2. The van der Waals surface area contributed by atoms with Gasteiger partial charge in [0.05, 0.1) is 6.20 Å². The van der Waals surface area contributed by atoms with Gasteiger partial charge in [0.2, 0.25) is 0 Å². The Bertz CT molecular complexity index is 1010. The number of para-hydroxylation sites is 1. The maximum absolute atomic E-state index is 4.85. The average Bonchev–Trinajstić information content (AvgIpc) is 3.25. The van der Waals surface area contributed by atoms with Crippen LogP contribution in [0.4, 0.5) is 17.5 Å². The van der Waals surface area contributed by atoms with Gasteiger partial charge in [-0.05, 0) is 23.6 Å². The highest BCUT2D eigenvalue weighted by molar-refractivity contribution is 5.66. The predicted molar refractivity (Wildman–Crippen MR) is 121 cm³/mol. The Labute approximate surface area is 177 Å². The zero-order valence-corrected chi connectivity index (χ0v) is 17.1. The van der Waals surface area contributed by atoms with Crippen LogP contribution in [0, 0.1) is 0 Å². The summed E-state index contributed by atoms with van der Waals surface area (Å²) in [5.74, 6) is 1.62. The van der Waals surface area contributed by atoms with E-state index in [1.807, 2.05) is 6.07 Å². The normalized spacial score (nSPS) is 16.9. The molecule has 30 heavy (non-hydrogen) atoms. The van der Waals surface area contributed by atoms with E-state index < -0.39 is 0 Å². The second-order valence-electron chi connectivity index (χ2n) is 7.75. The summed E-state index contributed by atoms with van der Waals surface area (Å²) in [6.45, 7) is 5.82. The monoisotopic (exact) mass is 398 g/mol. The minimum atomic E-state index is 0.700. The van der Waals surface area contributed by atoms with Crippen molar-refractivity contribution in [1.29, 1.82) is 0 Å². The Morgan fingerprint density at radius 3 is 2.53 bits per heavy atom. The third-order valence-corrected chi connectivity index (χ3v) is 5.83. The maximum atomic E-state index is 4.85. The number of hydrogen-bond donors (Lipinski definition) is 0. The smallest absolute Gasteiger partial charge is 0.251 e. The highest BCUT2D eigenvalue weighted by Crippen LogP contribution is 2.32. The van der Waals surface area contributed by atoms with E-state index in [1.165, 1.54) is 16.8 Å². The summed E-state index contributed by atoms with van der Waals surface area (Å²) in [7, 11) is 0. The number of hydrogen-bond acceptors (Lipinski definition) is 6. The molecule has 152 valence electrons. The minimum Gasteiger partial charge on any atom is -0.353 e. The van der Waals surface area contributed by atoms with Crippen molar-refractivity contribution in [3.63, 3.8) is 0 Å². The second kappa shape index (κ2) is 8.63. The molecule has 0 atom stereocenters. The molecule has 1 aromatic heterocycles. The van der Waals surface area contributed by atoms with Gasteiger partial charge in [-0.15, -0.1) is 5.10 Å². The van der Waals surface area contributed by atoms with Gasteiger partial charge in [0.15, 0.2) is 5.82 Å². The van der Waals surface area contributed by atoms with Crippen LogP contribution in [-0.2, 0) is 6.42 Å². The Hall–Kier alpha value is -3.25. The molecule has 0 saturated carbocycles. The third kappa shape index (κ3) is 4.04. The Morgan fingerprint density at radius 2 is 1.67 bits per heavy atom. The lowest BCUT2D eigenvalue weighted by Gasteiger charge is -2.34. The number of aromatic nitrogens is 3. The van der Waals surface area contributed by atoms with E-state index in [1.54, 1.807) is 6.20 Å². The molecule has 3 heterocycles. The summed E-state index contributed by atoms with van der Waals surface area (Å²) in [6.07, 6.45) is 7.26. The zero-order valence-electron chi connectivity index (χ0n) is 17.1. The summed E-state index contributed by atoms with van der Waals surface area (Å²) >= 11 is 0. The second-order valence-corrected chi connectivity index (χ2v) is 7.75. The molecule has 6 heteroatoms. The highest BCUT2D eigenvalue weighted by Gasteiger charge is 2.24. The van der Waals surface area contributed by atoms with Gasteiger partial charge in [-0.3, -0.25) is 4.90 Å². The Kier molecular flexibility index (Phi) is 5.40. The summed E-state index contributed by atoms with van der Waals surface area (Å²) in [5, 5.41) is 8.58. The van der Waals surface area contributed by atoms with E-state index in [4.69, 9.17) is 4.98 Å². The number of nitrogens with zero attached hydrogens (tertiary/aromatic N) is 6. The number of piperazine rings is 1. The van der Waals surface area contributed by atoms with Crippen molar-refractivity contribution < 1.29 is 0 Å². The molecule has 0 unspecified atom stereocenters. The SMILES string of the molecule is C(=C\c1ccccc1)/CN1CCN(c2cnnc(N3CCc4ccccc43)n2)CC1. The largest absolute Gasteiger partial charge is 0.353 e. The topological polar surface area (TPSA) is 48.4 Å². The fourth-order valence-electron chi connectivity index (χ4n) is 4.16. The first-order valence-corrected chi connectivity index (χ1v) is 10.6. The third-order valence-electron chi connectivity index (χ3n) is 5.83. The van der Waals surface area contributed by atoms with Gasteiger partial charge >= 0.3 is 0 Å². The average molecular weight is 399 g/mol. The van der Waals surface area contributed by atoms with Crippen molar-refractivity contribution in [2.75, 3.05) is 49.1 Å².